The summed E-state index contributed by atoms with van der Waals surface area (Å²) in [5.41, 5.74) is 0. The second kappa shape index (κ2) is 4.04. The van der Waals surface area contributed by atoms with Crippen molar-refractivity contribution in [3.63, 3.8) is 0 Å². The first-order valence-corrected chi connectivity index (χ1v) is 6.23. The zero-order valence-electron chi connectivity index (χ0n) is 9.41. The summed E-state index contributed by atoms with van der Waals surface area (Å²) in [5, 5.41) is 4.93. The maximum atomic E-state index is 5.25. The molecular weight excluding hydrogens is 276 g/mol. The first kappa shape index (κ1) is 10.6. The SMILES string of the molecule is COc1ccc2cc3cc(Br)ccc3cc2c1. The molecule has 84 valence electrons. The van der Waals surface area contributed by atoms with Crippen LogP contribution in [0.1, 0.15) is 0 Å². The van der Waals surface area contributed by atoms with Gasteiger partial charge in [0.1, 0.15) is 5.75 Å². The smallest absolute Gasteiger partial charge is 0.119 e. The zero-order valence-corrected chi connectivity index (χ0v) is 11.0. The van der Waals surface area contributed by atoms with E-state index in [0.717, 1.165) is 10.2 Å². The first-order valence-electron chi connectivity index (χ1n) is 5.43. The molecule has 0 aliphatic heterocycles. The number of rotatable bonds is 1. The van der Waals surface area contributed by atoms with E-state index in [9.17, 15) is 0 Å². The van der Waals surface area contributed by atoms with Crippen molar-refractivity contribution in [3.05, 3.63) is 53.0 Å². The normalized spacial score (nSPS) is 10.9. The molecule has 0 bridgehead atoms. The van der Waals surface area contributed by atoms with E-state index in [1.54, 1.807) is 7.11 Å². The second-order valence-electron chi connectivity index (χ2n) is 4.06. The molecule has 0 unspecified atom stereocenters. The molecule has 17 heavy (non-hydrogen) atoms. The Morgan fingerprint density at radius 2 is 1.41 bits per heavy atom. The number of fused-ring (bicyclic) bond motifs is 2. The summed E-state index contributed by atoms with van der Waals surface area (Å²) in [7, 11) is 1.69. The molecule has 0 saturated heterocycles. The Kier molecular flexibility index (Phi) is 2.52. The summed E-state index contributed by atoms with van der Waals surface area (Å²) in [6, 6.07) is 16.9. The number of hydrogen-bond acceptors (Lipinski definition) is 1. The van der Waals surface area contributed by atoms with Gasteiger partial charge in [-0.05, 0) is 57.9 Å². The molecule has 0 heterocycles. The van der Waals surface area contributed by atoms with Crippen molar-refractivity contribution in [1.82, 2.24) is 0 Å². The fraction of sp³-hybridized carbons (Fsp3) is 0.0667. The van der Waals surface area contributed by atoms with Gasteiger partial charge in [-0.2, -0.15) is 0 Å². The molecule has 0 aliphatic carbocycles. The van der Waals surface area contributed by atoms with E-state index >= 15 is 0 Å². The van der Waals surface area contributed by atoms with Crippen LogP contribution in [-0.2, 0) is 0 Å². The Morgan fingerprint density at radius 1 is 0.765 bits per heavy atom. The highest BCUT2D eigenvalue weighted by Crippen LogP contribution is 2.27. The maximum absolute atomic E-state index is 5.25. The van der Waals surface area contributed by atoms with Crippen molar-refractivity contribution in [3.8, 4) is 5.75 Å². The summed E-state index contributed by atoms with van der Waals surface area (Å²) in [6.07, 6.45) is 0. The molecule has 0 spiro atoms. The molecule has 0 N–H and O–H groups in total. The van der Waals surface area contributed by atoms with Gasteiger partial charge in [0, 0.05) is 4.47 Å². The van der Waals surface area contributed by atoms with E-state index in [1.165, 1.54) is 21.5 Å². The van der Waals surface area contributed by atoms with Crippen LogP contribution in [0.5, 0.6) is 5.75 Å². The minimum Gasteiger partial charge on any atom is -0.497 e. The third kappa shape index (κ3) is 1.89. The topological polar surface area (TPSA) is 9.23 Å². The largest absolute Gasteiger partial charge is 0.497 e. The van der Waals surface area contributed by atoms with Crippen molar-refractivity contribution < 1.29 is 4.74 Å². The molecule has 3 aromatic rings. The van der Waals surface area contributed by atoms with Crippen molar-refractivity contribution in [1.29, 1.82) is 0 Å². The Balaban J connectivity index is 2.35. The third-order valence-corrected chi connectivity index (χ3v) is 3.46. The van der Waals surface area contributed by atoms with E-state index < -0.39 is 0 Å². The zero-order chi connectivity index (χ0) is 11.8. The fourth-order valence-electron chi connectivity index (χ4n) is 2.07. The van der Waals surface area contributed by atoms with Gasteiger partial charge in [0.2, 0.25) is 0 Å². The molecule has 0 fully saturated rings. The number of methoxy groups -OCH3 is 1. The predicted molar refractivity (Wildman–Crippen MR) is 75.7 cm³/mol. The average Bonchev–Trinajstić information content (AvgIpc) is 2.35. The Hall–Kier alpha value is -1.54. The molecule has 2 heteroatoms. The highest BCUT2D eigenvalue weighted by molar-refractivity contribution is 9.10. The minimum absolute atomic E-state index is 0.897. The summed E-state index contributed by atoms with van der Waals surface area (Å²) < 4.78 is 6.36. The molecule has 0 aromatic heterocycles. The standard InChI is InChI=1S/C15H11BrO/c1-17-15-5-3-11-6-12-8-14(16)4-2-10(12)7-13(11)9-15/h2-9H,1H3. The molecule has 0 amide bonds. The lowest BCUT2D eigenvalue weighted by Crippen LogP contribution is -1.82. The monoisotopic (exact) mass is 286 g/mol. The van der Waals surface area contributed by atoms with Gasteiger partial charge in [-0.25, -0.2) is 0 Å². The average molecular weight is 287 g/mol. The minimum atomic E-state index is 0.897. The van der Waals surface area contributed by atoms with Crippen LogP contribution in [0, 0.1) is 0 Å². The molecule has 0 saturated carbocycles. The van der Waals surface area contributed by atoms with Crippen LogP contribution >= 0.6 is 15.9 Å². The summed E-state index contributed by atoms with van der Waals surface area (Å²) in [4.78, 5) is 0. The van der Waals surface area contributed by atoms with E-state index in [-0.39, 0.29) is 0 Å². The van der Waals surface area contributed by atoms with Crippen LogP contribution in [0.4, 0.5) is 0 Å². The lowest BCUT2D eigenvalue weighted by Gasteiger charge is -2.05. The van der Waals surface area contributed by atoms with Gasteiger partial charge in [-0.1, -0.05) is 28.1 Å². The quantitative estimate of drug-likeness (QED) is 0.586. The van der Waals surface area contributed by atoms with Crippen molar-refractivity contribution in [2.45, 2.75) is 0 Å². The predicted octanol–water partition coefficient (Wildman–Crippen LogP) is 4.76. The van der Waals surface area contributed by atoms with Gasteiger partial charge in [0.05, 0.1) is 7.11 Å². The molecule has 0 atom stereocenters. The Bertz CT molecular complexity index is 704. The molecule has 0 radical (unpaired) electrons. The van der Waals surface area contributed by atoms with Gasteiger partial charge in [-0.3, -0.25) is 0 Å². The highest BCUT2D eigenvalue weighted by Gasteiger charge is 2.00. The van der Waals surface area contributed by atoms with Gasteiger partial charge in [-0.15, -0.1) is 0 Å². The molecule has 0 aliphatic rings. The Morgan fingerprint density at radius 3 is 2.12 bits per heavy atom. The summed E-state index contributed by atoms with van der Waals surface area (Å²) in [6.45, 7) is 0. The van der Waals surface area contributed by atoms with Crippen molar-refractivity contribution in [2.75, 3.05) is 7.11 Å². The highest BCUT2D eigenvalue weighted by atomic mass is 79.9. The van der Waals surface area contributed by atoms with Crippen LogP contribution in [-0.4, -0.2) is 7.11 Å². The van der Waals surface area contributed by atoms with E-state index in [2.05, 4.69) is 58.4 Å². The number of hydrogen-bond donors (Lipinski definition) is 0. The Labute approximate surface area is 108 Å². The number of benzene rings is 3. The van der Waals surface area contributed by atoms with Crippen LogP contribution < -0.4 is 4.74 Å². The number of halogens is 1. The van der Waals surface area contributed by atoms with E-state index in [0.29, 0.717) is 0 Å². The van der Waals surface area contributed by atoms with Gasteiger partial charge < -0.3 is 4.74 Å². The van der Waals surface area contributed by atoms with Crippen LogP contribution in [0.3, 0.4) is 0 Å². The molecule has 3 rings (SSSR count). The van der Waals surface area contributed by atoms with E-state index in [4.69, 9.17) is 4.74 Å². The summed E-state index contributed by atoms with van der Waals surface area (Å²) >= 11 is 3.50. The van der Waals surface area contributed by atoms with E-state index in [1.807, 2.05) is 6.07 Å². The van der Waals surface area contributed by atoms with Gasteiger partial charge >= 0.3 is 0 Å². The lowest BCUT2D eigenvalue weighted by atomic mass is 10.0. The third-order valence-electron chi connectivity index (χ3n) is 2.96. The van der Waals surface area contributed by atoms with Gasteiger partial charge in [0.15, 0.2) is 0 Å². The van der Waals surface area contributed by atoms with Crippen molar-refractivity contribution in [2.24, 2.45) is 0 Å². The maximum Gasteiger partial charge on any atom is 0.119 e. The van der Waals surface area contributed by atoms with Crippen LogP contribution in [0.25, 0.3) is 21.5 Å². The lowest BCUT2D eigenvalue weighted by molar-refractivity contribution is 0.415. The fourth-order valence-corrected chi connectivity index (χ4v) is 2.45. The molecule has 3 aromatic carbocycles. The van der Waals surface area contributed by atoms with Crippen LogP contribution in [0.2, 0.25) is 0 Å². The molecule has 1 nitrogen and oxygen atoms in total. The van der Waals surface area contributed by atoms with Gasteiger partial charge in [0.25, 0.3) is 0 Å². The van der Waals surface area contributed by atoms with Crippen LogP contribution in [0.15, 0.2) is 53.0 Å². The number of ether oxygens (including phenoxy) is 1. The second-order valence-corrected chi connectivity index (χ2v) is 4.97. The first-order chi connectivity index (χ1) is 8.26. The molecular formula is C15H11BrO. The van der Waals surface area contributed by atoms with Crippen molar-refractivity contribution >= 4 is 37.5 Å². The summed E-state index contributed by atoms with van der Waals surface area (Å²) in [5.74, 6) is 0.897.